The number of thioether (sulfide) groups is 1. The molecule has 0 N–H and O–H groups in total. The van der Waals surface area contributed by atoms with Crippen LogP contribution in [-0.2, 0) is 17.6 Å². The first-order valence-electron chi connectivity index (χ1n) is 7.52. The minimum Gasteiger partial charge on any atom is -0.342 e. The number of hydrogen-bond donors (Lipinski definition) is 0. The molecule has 0 atom stereocenters. The van der Waals surface area contributed by atoms with E-state index in [0.29, 0.717) is 6.42 Å². The Morgan fingerprint density at radius 3 is 2.36 bits per heavy atom. The van der Waals surface area contributed by atoms with Gasteiger partial charge in [-0.3, -0.25) is 9.78 Å². The number of carbonyl (C=O) groups excluding carboxylic acids is 1. The van der Waals surface area contributed by atoms with Crippen molar-refractivity contribution >= 4 is 17.7 Å². The van der Waals surface area contributed by atoms with Crippen molar-refractivity contribution in [3.63, 3.8) is 0 Å². The highest BCUT2D eigenvalue weighted by molar-refractivity contribution is 7.98. The number of pyridine rings is 1. The summed E-state index contributed by atoms with van der Waals surface area (Å²) in [6.07, 6.45) is 6.98. The summed E-state index contributed by atoms with van der Waals surface area (Å²) >= 11 is 1.71. The predicted octanol–water partition coefficient (Wildman–Crippen LogP) is 3.44. The number of hydrogen-bond acceptors (Lipinski definition) is 3. The summed E-state index contributed by atoms with van der Waals surface area (Å²) in [5.74, 6) is 0.188. The third-order valence-electron chi connectivity index (χ3n) is 3.67. The highest BCUT2D eigenvalue weighted by Crippen LogP contribution is 2.15. The average Bonchev–Trinajstić information content (AvgIpc) is 2.57. The number of likely N-dealkylation sites (N-methyl/N-ethyl adjacent to an activating group) is 1. The molecule has 0 spiro atoms. The molecule has 0 saturated carbocycles. The monoisotopic (exact) mass is 314 g/mol. The lowest BCUT2D eigenvalue weighted by Crippen LogP contribution is -2.33. The Morgan fingerprint density at radius 1 is 1.09 bits per heavy atom. The van der Waals surface area contributed by atoms with E-state index in [-0.39, 0.29) is 5.91 Å². The zero-order valence-corrected chi connectivity index (χ0v) is 14.0. The zero-order chi connectivity index (χ0) is 15.8. The number of rotatable bonds is 7. The maximum Gasteiger partial charge on any atom is 0.226 e. The maximum atomic E-state index is 12.4. The molecule has 0 aliphatic rings. The molecule has 116 valence electrons. The average molecular weight is 314 g/mol. The summed E-state index contributed by atoms with van der Waals surface area (Å²) in [7, 11) is 0. The van der Waals surface area contributed by atoms with Crippen molar-refractivity contribution < 1.29 is 4.79 Å². The number of carbonyl (C=O) groups is 1. The Balaban J connectivity index is 1.90. The van der Waals surface area contributed by atoms with E-state index in [9.17, 15) is 4.79 Å². The van der Waals surface area contributed by atoms with Gasteiger partial charge in [0.25, 0.3) is 0 Å². The Hall–Kier alpha value is -1.81. The van der Waals surface area contributed by atoms with Crippen LogP contribution in [0.15, 0.2) is 53.7 Å². The number of nitrogens with zero attached hydrogens (tertiary/aromatic N) is 2. The molecule has 0 unspecified atom stereocenters. The quantitative estimate of drug-likeness (QED) is 0.734. The Kier molecular flexibility index (Phi) is 6.46. The van der Waals surface area contributed by atoms with Crippen LogP contribution in [-0.4, -0.2) is 35.1 Å². The normalized spacial score (nSPS) is 10.5. The van der Waals surface area contributed by atoms with Crippen LogP contribution in [0.4, 0.5) is 0 Å². The van der Waals surface area contributed by atoms with Crippen LogP contribution in [0.3, 0.4) is 0 Å². The molecule has 0 aliphatic heterocycles. The number of amides is 1. The molecule has 22 heavy (non-hydrogen) atoms. The van der Waals surface area contributed by atoms with Gasteiger partial charge in [0.05, 0.1) is 6.42 Å². The van der Waals surface area contributed by atoms with Gasteiger partial charge in [-0.25, -0.2) is 0 Å². The van der Waals surface area contributed by atoms with Gasteiger partial charge in [-0.15, -0.1) is 11.8 Å². The molecule has 1 aromatic heterocycles. The van der Waals surface area contributed by atoms with E-state index in [1.807, 2.05) is 36.1 Å². The van der Waals surface area contributed by atoms with Crippen molar-refractivity contribution in [1.82, 2.24) is 9.88 Å². The zero-order valence-electron chi connectivity index (χ0n) is 13.2. The van der Waals surface area contributed by atoms with Crippen LogP contribution < -0.4 is 0 Å². The summed E-state index contributed by atoms with van der Waals surface area (Å²) < 4.78 is 0. The smallest absolute Gasteiger partial charge is 0.226 e. The van der Waals surface area contributed by atoms with Crippen LogP contribution in [0.1, 0.15) is 18.1 Å². The van der Waals surface area contributed by atoms with Crippen LogP contribution in [0.5, 0.6) is 0 Å². The molecule has 4 heteroatoms. The minimum atomic E-state index is 0.188. The molecule has 1 heterocycles. The third kappa shape index (κ3) is 4.88. The van der Waals surface area contributed by atoms with E-state index in [2.05, 4.69) is 23.4 Å². The second-order valence-electron chi connectivity index (χ2n) is 5.10. The third-order valence-corrected chi connectivity index (χ3v) is 4.41. The van der Waals surface area contributed by atoms with E-state index in [0.717, 1.165) is 25.1 Å². The van der Waals surface area contributed by atoms with E-state index in [1.54, 1.807) is 24.2 Å². The summed E-state index contributed by atoms with van der Waals surface area (Å²) in [5.41, 5.74) is 2.29. The highest BCUT2D eigenvalue weighted by atomic mass is 32.2. The van der Waals surface area contributed by atoms with Crippen molar-refractivity contribution in [2.45, 2.75) is 24.7 Å². The lowest BCUT2D eigenvalue weighted by Gasteiger charge is -2.21. The van der Waals surface area contributed by atoms with Crippen LogP contribution in [0.2, 0.25) is 0 Å². The molecular weight excluding hydrogens is 292 g/mol. The largest absolute Gasteiger partial charge is 0.342 e. The first-order chi connectivity index (χ1) is 10.7. The topological polar surface area (TPSA) is 33.2 Å². The van der Waals surface area contributed by atoms with Crippen LogP contribution in [0.25, 0.3) is 0 Å². The second kappa shape index (κ2) is 8.59. The molecule has 2 rings (SSSR count). The fourth-order valence-corrected chi connectivity index (χ4v) is 2.71. The first kappa shape index (κ1) is 16.6. The van der Waals surface area contributed by atoms with Gasteiger partial charge < -0.3 is 4.90 Å². The van der Waals surface area contributed by atoms with Crippen LogP contribution in [0, 0.1) is 0 Å². The molecule has 0 aliphatic carbocycles. The standard InChI is InChI=1S/C18H22N2OS/c1-3-20(13-10-15-8-11-19-12-9-15)18(21)14-16-4-6-17(22-2)7-5-16/h4-9,11-12H,3,10,13-14H2,1-2H3. The van der Waals surface area contributed by atoms with Gasteiger partial charge in [0.1, 0.15) is 0 Å². The minimum absolute atomic E-state index is 0.188. The highest BCUT2D eigenvalue weighted by Gasteiger charge is 2.12. The predicted molar refractivity (Wildman–Crippen MR) is 92.1 cm³/mol. The van der Waals surface area contributed by atoms with Gasteiger partial charge in [0.15, 0.2) is 0 Å². The molecule has 0 fully saturated rings. The summed E-state index contributed by atoms with van der Waals surface area (Å²) in [6.45, 7) is 3.52. The molecule has 0 saturated heterocycles. The molecule has 0 radical (unpaired) electrons. The second-order valence-corrected chi connectivity index (χ2v) is 5.98. The number of benzene rings is 1. The molecular formula is C18H22N2OS. The Bertz CT molecular complexity index is 584. The fourth-order valence-electron chi connectivity index (χ4n) is 2.30. The van der Waals surface area contributed by atoms with Crippen molar-refractivity contribution in [3.05, 3.63) is 59.9 Å². The SMILES string of the molecule is CCN(CCc1ccncc1)C(=O)Cc1ccc(SC)cc1. The van der Waals surface area contributed by atoms with Crippen molar-refractivity contribution in [3.8, 4) is 0 Å². The van der Waals surface area contributed by atoms with Crippen molar-refractivity contribution in [2.24, 2.45) is 0 Å². The maximum absolute atomic E-state index is 12.4. The van der Waals surface area contributed by atoms with Gasteiger partial charge >= 0.3 is 0 Å². The fraction of sp³-hybridized carbons (Fsp3) is 0.333. The van der Waals surface area contributed by atoms with Gasteiger partial charge in [-0.05, 0) is 55.0 Å². The van der Waals surface area contributed by atoms with Gasteiger partial charge in [0, 0.05) is 30.4 Å². The summed E-state index contributed by atoms with van der Waals surface area (Å²) in [5, 5.41) is 0. The molecule has 1 aromatic carbocycles. The number of aromatic nitrogens is 1. The molecule has 3 nitrogen and oxygen atoms in total. The van der Waals surface area contributed by atoms with Crippen molar-refractivity contribution in [1.29, 1.82) is 0 Å². The first-order valence-corrected chi connectivity index (χ1v) is 8.75. The lowest BCUT2D eigenvalue weighted by atomic mass is 10.1. The van der Waals surface area contributed by atoms with Gasteiger partial charge in [-0.1, -0.05) is 12.1 Å². The summed E-state index contributed by atoms with van der Waals surface area (Å²) in [4.78, 5) is 19.6. The lowest BCUT2D eigenvalue weighted by molar-refractivity contribution is -0.130. The molecule has 0 bridgehead atoms. The van der Waals surface area contributed by atoms with Crippen molar-refractivity contribution in [2.75, 3.05) is 19.3 Å². The molecule has 1 amide bonds. The van der Waals surface area contributed by atoms with E-state index in [1.165, 1.54) is 10.5 Å². The van der Waals surface area contributed by atoms with E-state index in [4.69, 9.17) is 0 Å². The summed E-state index contributed by atoms with van der Waals surface area (Å²) in [6, 6.07) is 12.2. The van der Waals surface area contributed by atoms with E-state index >= 15 is 0 Å². The van der Waals surface area contributed by atoms with E-state index < -0.39 is 0 Å². The van der Waals surface area contributed by atoms with Crippen LogP contribution >= 0.6 is 11.8 Å². The Morgan fingerprint density at radius 2 is 1.77 bits per heavy atom. The van der Waals surface area contributed by atoms with Gasteiger partial charge in [-0.2, -0.15) is 0 Å². The molecule has 2 aromatic rings. The Labute approximate surface area is 136 Å². The van der Waals surface area contributed by atoms with Gasteiger partial charge in [0.2, 0.25) is 5.91 Å².